The number of thiazole rings is 1. The van der Waals surface area contributed by atoms with Gasteiger partial charge in [-0.05, 0) is 32.9 Å². The summed E-state index contributed by atoms with van der Waals surface area (Å²) in [5.41, 5.74) is 0.981. The average molecular weight is 348 g/mol. The second kappa shape index (κ2) is 7.46. The molecule has 1 N–H and O–H groups in total. The van der Waals surface area contributed by atoms with E-state index in [9.17, 15) is 4.79 Å². The van der Waals surface area contributed by atoms with Crippen molar-refractivity contribution in [3.63, 3.8) is 0 Å². The van der Waals surface area contributed by atoms with Crippen LogP contribution < -0.4 is 5.32 Å². The van der Waals surface area contributed by atoms with Crippen molar-refractivity contribution < 1.29 is 9.21 Å². The molecule has 0 aliphatic carbocycles. The molecule has 6 nitrogen and oxygen atoms in total. The number of nitrogens with one attached hydrogen (secondary N) is 1. The van der Waals surface area contributed by atoms with Crippen LogP contribution in [0.1, 0.15) is 23.3 Å². The number of rotatable bonds is 5. The lowest BCUT2D eigenvalue weighted by Gasteiger charge is -2.36. The maximum absolute atomic E-state index is 12.5. The van der Waals surface area contributed by atoms with Crippen molar-refractivity contribution in [2.24, 2.45) is 0 Å². The minimum atomic E-state index is -0.153. The van der Waals surface area contributed by atoms with Crippen molar-refractivity contribution in [3.05, 3.63) is 34.7 Å². The van der Waals surface area contributed by atoms with Crippen molar-refractivity contribution >= 4 is 22.4 Å². The predicted molar refractivity (Wildman–Crippen MR) is 95.2 cm³/mol. The topological polar surface area (TPSA) is 61.6 Å². The molecular formula is C17H24N4O2S. The molecule has 3 heterocycles. The Morgan fingerprint density at radius 3 is 2.71 bits per heavy atom. The van der Waals surface area contributed by atoms with E-state index >= 15 is 0 Å². The molecule has 24 heavy (non-hydrogen) atoms. The highest BCUT2D eigenvalue weighted by atomic mass is 32.1. The van der Waals surface area contributed by atoms with Crippen LogP contribution in [0.25, 0.3) is 0 Å². The molecule has 2 aromatic heterocycles. The zero-order chi connectivity index (χ0) is 17.1. The smallest absolute Gasteiger partial charge is 0.243 e. The number of hydrogen-bond donors (Lipinski definition) is 1. The quantitative estimate of drug-likeness (QED) is 0.899. The Morgan fingerprint density at radius 1 is 1.38 bits per heavy atom. The highest BCUT2D eigenvalue weighted by Gasteiger charge is 2.26. The summed E-state index contributed by atoms with van der Waals surface area (Å²) < 4.78 is 5.40. The summed E-state index contributed by atoms with van der Waals surface area (Å²) in [6.45, 7) is 10.4. The SMILES string of the molecule is Cc1nc(NC(=O)[C@@H](C)N2CCN(Cc3ccco3)CC2)sc1C. The fourth-order valence-electron chi connectivity index (χ4n) is 2.83. The number of hydrogen-bond acceptors (Lipinski definition) is 6. The molecule has 0 spiro atoms. The second-order valence-electron chi connectivity index (χ2n) is 6.22. The van der Waals surface area contributed by atoms with Gasteiger partial charge >= 0.3 is 0 Å². The largest absolute Gasteiger partial charge is 0.468 e. The zero-order valence-electron chi connectivity index (χ0n) is 14.4. The van der Waals surface area contributed by atoms with Crippen molar-refractivity contribution in [3.8, 4) is 0 Å². The van der Waals surface area contributed by atoms with E-state index in [0.717, 1.165) is 49.1 Å². The van der Waals surface area contributed by atoms with Crippen molar-refractivity contribution in [2.45, 2.75) is 33.4 Å². The molecule has 0 saturated carbocycles. The van der Waals surface area contributed by atoms with Gasteiger partial charge in [0.2, 0.25) is 5.91 Å². The average Bonchev–Trinajstić information content (AvgIpc) is 3.18. The lowest BCUT2D eigenvalue weighted by Crippen LogP contribution is -2.52. The molecule has 3 rings (SSSR count). The third-order valence-electron chi connectivity index (χ3n) is 4.55. The van der Waals surface area contributed by atoms with Gasteiger partial charge in [0.15, 0.2) is 5.13 Å². The standard InChI is InChI=1S/C17H24N4O2S/c1-12-14(3)24-17(18-12)19-16(22)13(2)21-8-6-20(7-9-21)11-15-5-4-10-23-15/h4-5,10,13H,6-9,11H2,1-3H3,(H,18,19,22)/t13-/m1/s1. The Kier molecular flexibility index (Phi) is 5.33. The van der Waals surface area contributed by atoms with E-state index in [1.54, 1.807) is 6.26 Å². The Balaban J connectivity index is 1.49. The Morgan fingerprint density at radius 2 is 2.12 bits per heavy atom. The van der Waals surface area contributed by atoms with E-state index in [2.05, 4.69) is 20.1 Å². The van der Waals surface area contributed by atoms with Crippen LogP contribution in [0.3, 0.4) is 0 Å². The summed E-state index contributed by atoms with van der Waals surface area (Å²) in [6, 6.07) is 3.76. The number of aryl methyl sites for hydroxylation is 2. The van der Waals surface area contributed by atoms with E-state index in [-0.39, 0.29) is 11.9 Å². The van der Waals surface area contributed by atoms with Gasteiger partial charge in [0, 0.05) is 31.1 Å². The first-order chi connectivity index (χ1) is 11.5. The molecule has 1 amide bonds. The van der Waals surface area contributed by atoms with Crippen LogP contribution in [-0.2, 0) is 11.3 Å². The monoisotopic (exact) mass is 348 g/mol. The van der Waals surface area contributed by atoms with Crippen molar-refractivity contribution in [2.75, 3.05) is 31.5 Å². The number of anilines is 1. The minimum Gasteiger partial charge on any atom is -0.468 e. The van der Waals surface area contributed by atoms with Crippen LogP contribution in [0, 0.1) is 13.8 Å². The molecule has 7 heteroatoms. The molecule has 1 saturated heterocycles. The number of piperazine rings is 1. The Labute approximate surface area is 146 Å². The van der Waals surface area contributed by atoms with Gasteiger partial charge < -0.3 is 9.73 Å². The van der Waals surface area contributed by atoms with Crippen LogP contribution in [0.4, 0.5) is 5.13 Å². The third-order valence-corrected chi connectivity index (χ3v) is 5.54. The van der Waals surface area contributed by atoms with Gasteiger partial charge in [-0.1, -0.05) is 0 Å². The summed E-state index contributed by atoms with van der Waals surface area (Å²) in [4.78, 5) is 22.6. The van der Waals surface area contributed by atoms with Crippen LogP contribution in [0.15, 0.2) is 22.8 Å². The predicted octanol–water partition coefficient (Wildman–Crippen LogP) is 2.50. The Hall–Kier alpha value is -1.70. The van der Waals surface area contributed by atoms with Crippen LogP contribution >= 0.6 is 11.3 Å². The highest BCUT2D eigenvalue weighted by Crippen LogP contribution is 2.21. The summed E-state index contributed by atoms with van der Waals surface area (Å²) >= 11 is 1.53. The summed E-state index contributed by atoms with van der Waals surface area (Å²) in [5, 5.41) is 3.64. The maximum Gasteiger partial charge on any atom is 0.243 e. The molecule has 2 aromatic rings. The van der Waals surface area contributed by atoms with Gasteiger partial charge in [-0.15, -0.1) is 11.3 Å². The normalized spacial score (nSPS) is 17.8. The molecule has 0 unspecified atom stereocenters. The van der Waals surface area contributed by atoms with Gasteiger partial charge in [-0.3, -0.25) is 14.6 Å². The lowest BCUT2D eigenvalue weighted by molar-refractivity contribution is -0.121. The first-order valence-corrected chi connectivity index (χ1v) is 9.08. The van der Waals surface area contributed by atoms with Crippen LogP contribution in [-0.4, -0.2) is 52.9 Å². The lowest BCUT2D eigenvalue weighted by atomic mass is 10.2. The third kappa shape index (κ3) is 4.03. The number of carbonyl (C=O) groups is 1. The summed E-state index contributed by atoms with van der Waals surface area (Å²) in [7, 11) is 0. The van der Waals surface area contributed by atoms with Crippen LogP contribution in [0.2, 0.25) is 0 Å². The van der Waals surface area contributed by atoms with Crippen LogP contribution in [0.5, 0.6) is 0 Å². The second-order valence-corrected chi connectivity index (χ2v) is 7.42. The Bertz CT molecular complexity index is 655. The van der Waals surface area contributed by atoms with E-state index in [0.29, 0.717) is 5.13 Å². The molecule has 0 radical (unpaired) electrons. The van der Waals surface area contributed by atoms with Crippen molar-refractivity contribution in [1.29, 1.82) is 0 Å². The molecule has 0 bridgehead atoms. The van der Waals surface area contributed by atoms with E-state index in [1.807, 2.05) is 32.9 Å². The first-order valence-electron chi connectivity index (χ1n) is 8.26. The number of nitrogens with zero attached hydrogens (tertiary/aromatic N) is 3. The molecule has 1 aliphatic rings. The molecular weight excluding hydrogens is 324 g/mol. The molecule has 1 atom stereocenters. The summed E-state index contributed by atoms with van der Waals surface area (Å²) in [5.74, 6) is 1.01. The van der Waals surface area contributed by atoms with Gasteiger partial charge in [-0.2, -0.15) is 0 Å². The summed E-state index contributed by atoms with van der Waals surface area (Å²) in [6.07, 6.45) is 1.71. The maximum atomic E-state index is 12.5. The fourth-order valence-corrected chi connectivity index (χ4v) is 3.65. The van der Waals surface area contributed by atoms with E-state index in [4.69, 9.17) is 4.42 Å². The molecule has 130 valence electrons. The number of furan rings is 1. The fraction of sp³-hybridized carbons (Fsp3) is 0.529. The highest BCUT2D eigenvalue weighted by molar-refractivity contribution is 7.15. The first kappa shape index (κ1) is 17.1. The van der Waals surface area contributed by atoms with Crippen molar-refractivity contribution in [1.82, 2.24) is 14.8 Å². The molecule has 1 fully saturated rings. The van der Waals surface area contributed by atoms with E-state index < -0.39 is 0 Å². The zero-order valence-corrected chi connectivity index (χ0v) is 15.2. The number of aromatic nitrogens is 1. The molecule has 0 aromatic carbocycles. The minimum absolute atomic E-state index is 0.0169. The van der Waals surface area contributed by atoms with Gasteiger partial charge in [0.1, 0.15) is 5.76 Å². The van der Waals surface area contributed by atoms with E-state index in [1.165, 1.54) is 11.3 Å². The number of carbonyl (C=O) groups excluding carboxylic acids is 1. The number of amides is 1. The van der Waals surface area contributed by atoms with Gasteiger partial charge in [0.25, 0.3) is 0 Å². The van der Waals surface area contributed by atoms with Gasteiger partial charge in [0.05, 0.1) is 24.5 Å². The molecule has 1 aliphatic heterocycles. The van der Waals surface area contributed by atoms with Gasteiger partial charge in [-0.25, -0.2) is 4.98 Å².